The summed E-state index contributed by atoms with van der Waals surface area (Å²) in [4.78, 5) is 14.3. The maximum atomic E-state index is 12.1. The first-order valence-corrected chi connectivity index (χ1v) is 8.55. The number of benzene rings is 2. The number of rotatable bonds is 5. The summed E-state index contributed by atoms with van der Waals surface area (Å²) < 4.78 is 0. The number of amides is 1. The zero-order valence-electron chi connectivity index (χ0n) is 13.7. The quantitative estimate of drug-likeness (QED) is 0.779. The fraction of sp³-hybridized carbons (Fsp3) is 0.222. The number of hydrogen-bond acceptors (Lipinski definition) is 3. The highest BCUT2D eigenvalue weighted by Crippen LogP contribution is 2.17. The Balaban J connectivity index is 1.94. The van der Waals surface area contributed by atoms with E-state index in [1.165, 1.54) is 0 Å². The normalized spacial score (nSPS) is 10.1. The number of halogens is 1. The number of hydrogen-bond donors (Lipinski definition) is 2. The van der Waals surface area contributed by atoms with E-state index in [0.29, 0.717) is 10.6 Å². The lowest BCUT2D eigenvalue weighted by molar-refractivity contribution is 0.0978. The van der Waals surface area contributed by atoms with Crippen LogP contribution in [-0.4, -0.2) is 24.1 Å². The lowest BCUT2D eigenvalue weighted by atomic mass is 10.2. The molecule has 0 bridgehead atoms. The standard InChI is InChI=1S/C18H20ClN3OS/c1-3-22(4-2)16-11-9-15(10-12-16)20-18(24)21-17(23)13-5-7-14(19)8-6-13/h5-12H,3-4H2,1-2H3,(H2,20,21,23,24). The Kier molecular flexibility index (Phi) is 6.58. The van der Waals surface area contributed by atoms with Gasteiger partial charge in [0.05, 0.1) is 0 Å². The zero-order valence-corrected chi connectivity index (χ0v) is 15.2. The molecule has 0 fully saturated rings. The van der Waals surface area contributed by atoms with Crippen molar-refractivity contribution >= 4 is 46.2 Å². The molecule has 0 aliphatic carbocycles. The average molecular weight is 362 g/mol. The van der Waals surface area contributed by atoms with Crippen LogP contribution in [0, 0.1) is 0 Å². The molecule has 2 aromatic rings. The van der Waals surface area contributed by atoms with Crippen molar-refractivity contribution in [2.45, 2.75) is 13.8 Å². The van der Waals surface area contributed by atoms with Crippen LogP contribution in [0.15, 0.2) is 48.5 Å². The van der Waals surface area contributed by atoms with Gasteiger partial charge in [-0.15, -0.1) is 0 Å². The molecule has 0 heterocycles. The maximum Gasteiger partial charge on any atom is 0.257 e. The van der Waals surface area contributed by atoms with Crippen molar-refractivity contribution < 1.29 is 4.79 Å². The monoisotopic (exact) mass is 361 g/mol. The minimum absolute atomic E-state index is 0.255. The van der Waals surface area contributed by atoms with Crippen LogP contribution in [0.3, 0.4) is 0 Å². The van der Waals surface area contributed by atoms with Crippen LogP contribution in [0.5, 0.6) is 0 Å². The highest BCUT2D eigenvalue weighted by molar-refractivity contribution is 7.80. The third kappa shape index (κ3) is 4.94. The van der Waals surface area contributed by atoms with Gasteiger partial charge in [-0.25, -0.2) is 0 Å². The molecular formula is C18H20ClN3OS. The Morgan fingerprint density at radius 3 is 2.17 bits per heavy atom. The second kappa shape index (κ2) is 8.66. The van der Waals surface area contributed by atoms with Gasteiger partial charge in [0.1, 0.15) is 0 Å². The lowest BCUT2D eigenvalue weighted by Gasteiger charge is -2.21. The van der Waals surface area contributed by atoms with E-state index in [4.69, 9.17) is 23.8 Å². The first-order valence-electron chi connectivity index (χ1n) is 7.76. The van der Waals surface area contributed by atoms with E-state index < -0.39 is 0 Å². The van der Waals surface area contributed by atoms with Gasteiger partial charge in [0.2, 0.25) is 0 Å². The van der Waals surface area contributed by atoms with Crippen LogP contribution >= 0.6 is 23.8 Å². The van der Waals surface area contributed by atoms with Crippen LogP contribution in [0.1, 0.15) is 24.2 Å². The number of nitrogens with zero attached hydrogens (tertiary/aromatic N) is 1. The van der Waals surface area contributed by atoms with Crippen molar-refractivity contribution in [3.8, 4) is 0 Å². The highest BCUT2D eigenvalue weighted by atomic mass is 35.5. The molecule has 0 aliphatic rings. The predicted octanol–water partition coefficient (Wildman–Crippen LogP) is 4.31. The third-order valence-electron chi connectivity index (χ3n) is 3.59. The van der Waals surface area contributed by atoms with E-state index in [1.54, 1.807) is 24.3 Å². The molecule has 24 heavy (non-hydrogen) atoms. The topological polar surface area (TPSA) is 44.4 Å². The molecule has 2 rings (SSSR count). The minimum atomic E-state index is -0.274. The maximum absolute atomic E-state index is 12.1. The molecule has 1 amide bonds. The van der Waals surface area contributed by atoms with Crippen molar-refractivity contribution in [1.29, 1.82) is 0 Å². The van der Waals surface area contributed by atoms with Crippen molar-refractivity contribution in [3.05, 3.63) is 59.1 Å². The van der Waals surface area contributed by atoms with Crippen molar-refractivity contribution in [1.82, 2.24) is 5.32 Å². The Labute approximate surface area is 152 Å². The van der Waals surface area contributed by atoms with Gasteiger partial charge in [0, 0.05) is 35.1 Å². The number of carbonyl (C=O) groups excluding carboxylic acids is 1. The molecule has 0 aliphatic heterocycles. The first kappa shape index (κ1) is 18.2. The smallest absolute Gasteiger partial charge is 0.257 e. The highest BCUT2D eigenvalue weighted by Gasteiger charge is 2.08. The summed E-state index contributed by atoms with van der Waals surface area (Å²) in [5, 5.41) is 6.50. The SMILES string of the molecule is CCN(CC)c1ccc(NC(=S)NC(=O)c2ccc(Cl)cc2)cc1. The molecule has 0 atom stereocenters. The number of thiocarbonyl (C=S) groups is 1. The average Bonchev–Trinajstić information content (AvgIpc) is 2.58. The third-order valence-corrected chi connectivity index (χ3v) is 4.04. The Bertz CT molecular complexity index is 697. The second-order valence-corrected chi connectivity index (χ2v) is 5.98. The molecule has 0 saturated carbocycles. The number of nitrogens with one attached hydrogen (secondary N) is 2. The van der Waals surface area contributed by atoms with E-state index in [0.717, 1.165) is 24.5 Å². The van der Waals surface area contributed by atoms with Gasteiger partial charge >= 0.3 is 0 Å². The summed E-state index contributed by atoms with van der Waals surface area (Å²) in [6.07, 6.45) is 0. The van der Waals surface area contributed by atoms with E-state index >= 15 is 0 Å². The van der Waals surface area contributed by atoms with Gasteiger partial charge < -0.3 is 10.2 Å². The van der Waals surface area contributed by atoms with Gasteiger partial charge in [-0.1, -0.05) is 11.6 Å². The fourth-order valence-electron chi connectivity index (χ4n) is 2.28. The molecule has 0 radical (unpaired) electrons. The number of anilines is 2. The van der Waals surface area contributed by atoms with E-state index in [2.05, 4.69) is 29.4 Å². The summed E-state index contributed by atoms with van der Waals surface area (Å²) in [5.41, 5.74) is 2.48. The van der Waals surface area contributed by atoms with Gasteiger partial charge in [0.15, 0.2) is 5.11 Å². The summed E-state index contributed by atoms with van der Waals surface area (Å²) in [6, 6.07) is 14.6. The molecule has 0 spiro atoms. The summed E-state index contributed by atoms with van der Waals surface area (Å²) >= 11 is 11.0. The molecule has 4 nitrogen and oxygen atoms in total. The van der Waals surface area contributed by atoms with Crippen LogP contribution in [0.4, 0.5) is 11.4 Å². The first-order chi connectivity index (χ1) is 11.5. The Hall–Kier alpha value is -2.11. The molecular weight excluding hydrogens is 342 g/mol. The second-order valence-electron chi connectivity index (χ2n) is 5.13. The fourth-order valence-corrected chi connectivity index (χ4v) is 2.62. The summed E-state index contributed by atoms with van der Waals surface area (Å²) in [5.74, 6) is -0.274. The molecule has 2 N–H and O–H groups in total. The molecule has 126 valence electrons. The Morgan fingerprint density at radius 2 is 1.62 bits per heavy atom. The van der Waals surface area contributed by atoms with Gasteiger partial charge in [-0.05, 0) is 74.6 Å². The predicted molar refractivity (Wildman–Crippen MR) is 105 cm³/mol. The van der Waals surface area contributed by atoms with Crippen molar-refractivity contribution in [2.75, 3.05) is 23.3 Å². The largest absolute Gasteiger partial charge is 0.372 e. The van der Waals surface area contributed by atoms with Gasteiger partial charge in [-0.2, -0.15) is 0 Å². The molecule has 0 saturated heterocycles. The molecule has 6 heteroatoms. The van der Waals surface area contributed by atoms with Crippen LogP contribution < -0.4 is 15.5 Å². The van der Waals surface area contributed by atoms with Crippen molar-refractivity contribution in [2.24, 2.45) is 0 Å². The van der Waals surface area contributed by atoms with Crippen LogP contribution in [-0.2, 0) is 0 Å². The van der Waals surface area contributed by atoms with Gasteiger partial charge in [0.25, 0.3) is 5.91 Å². The molecule has 0 unspecified atom stereocenters. The minimum Gasteiger partial charge on any atom is -0.372 e. The van der Waals surface area contributed by atoms with Crippen LogP contribution in [0.2, 0.25) is 5.02 Å². The van der Waals surface area contributed by atoms with E-state index in [-0.39, 0.29) is 11.0 Å². The number of carbonyl (C=O) groups is 1. The molecule has 0 aromatic heterocycles. The summed E-state index contributed by atoms with van der Waals surface area (Å²) in [7, 11) is 0. The van der Waals surface area contributed by atoms with Crippen molar-refractivity contribution in [3.63, 3.8) is 0 Å². The van der Waals surface area contributed by atoms with Gasteiger partial charge in [-0.3, -0.25) is 10.1 Å². The summed E-state index contributed by atoms with van der Waals surface area (Å²) in [6.45, 7) is 6.16. The zero-order chi connectivity index (χ0) is 17.5. The lowest BCUT2D eigenvalue weighted by Crippen LogP contribution is -2.34. The Morgan fingerprint density at radius 1 is 1.04 bits per heavy atom. The van der Waals surface area contributed by atoms with Crippen LogP contribution in [0.25, 0.3) is 0 Å². The van der Waals surface area contributed by atoms with E-state index in [1.807, 2.05) is 24.3 Å². The molecule has 2 aromatic carbocycles. The van der Waals surface area contributed by atoms with E-state index in [9.17, 15) is 4.79 Å².